The first kappa shape index (κ1) is 12.8. The number of aromatic nitrogens is 3. The molecule has 0 saturated carbocycles. The van der Waals surface area contributed by atoms with Crippen LogP contribution < -0.4 is 16.6 Å². The van der Waals surface area contributed by atoms with Crippen LogP contribution in [-0.2, 0) is 7.05 Å². The van der Waals surface area contributed by atoms with Crippen molar-refractivity contribution in [1.82, 2.24) is 19.7 Å². The number of likely N-dealkylation sites (tertiary alicyclic amines) is 1. The SMILES string of the molecule is CCN1CCC[C@@H](Nc2n[nH]c(=O)n(C)c2=O)C1. The van der Waals surface area contributed by atoms with Crippen LogP contribution in [0.3, 0.4) is 0 Å². The van der Waals surface area contributed by atoms with Gasteiger partial charge in [-0.1, -0.05) is 6.92 Å². The lowest BCUT2D eigenvalue weighted by Gasteiger charge is -2.32. The zero-order valence-electron chi connectivity index (χ0n) is 10.8. The van der Waals surface area contributed by atoms with E-state index < -0.39 is 5.69 Å². The topological polar surface area (TPSA) is 83.0 Å². The van der Waals surface area contributed by atoms with Gasteiger partial charge in [-0.25, -0.2) is 9.89 Å². The largest absolute Gasteiger partial charge is 0.360 e. The van der Waals surface area contributed by atoms with Crippen molar-refractivity contribution in [3.63, 3.8) is 0 Å². The Hall–Kier alpha value is -1.63. The van der Waals surface area contributed by atoms with Crippen LogP contribution in [0.2, 0.25) is 0 Å². The molecule has 2 rings (SSSR count). The Morgan fingerprint density at radius 2 is 2.28 bits per heavy atom. The molecule has 100 valence electrons. The van der Waals surface area contributed by atoms with Gasteiger partial charge in [-0.2, -0.15) is 0 Å². The van der Waals surface area contributed by atoms with Gasteiger partial charge in [0.15, 0.2) is 0 Å². The molecule has 7 nitrogen and oxygen atoms in total. The minimum atomic E-state index is -0.496. The predicted molar refractivity (Wildman–Crippen MR) is 68.9 cm³/mol. The zero-order chi connectivity index (χ0) is 13.1. The molecular formula is C11H19N5O2. The van der Waals surface area contributed by atoms with E-state index in [0.717, 1.165) is 37.0 Å². The number of piperidine rings is 1. The summed E-state index contributed by atoms with van der Waals surface area (Å²) in [7, 11) is 1.44. The maximum atomic E-state index is 11.8. The molecule has 2 heterocycles. The second kappa shape index (κ2) is 5.34. The zero-order valence-corrected chi connectivity index (χ0v) is 10.8. The highest BCUT2D eigenvalue weighted by Gasteiger charge is 2.20. The molecule has 1 fully saturated rings. The Morgan fingerprint density at radius 1 is 1.50 bits per heavy atom. The number of nitrogens with one attached hydrogen (secondary N) is 2. The first-order valence-electron chi connectivity index (χ1n) is 6.26. The van der Waals surface area contributed by atoms with Gasteiger partial charge < -0.3 is 10.2 Å². The number of hydrogen-bond donors (Lipinski definition) is 2. The van der Waals surface area contributed by atoms with E-state index in [1.54, 1.807) is 0 Å². The molecule has 0 aliphatic carbocycles. The van der Waals surface area contributed by atoms with Gasteiger partial charge in [0.25, 0.3) is 5.56 Å². The van der Waals surface area contributed by atoms with Gasteiger partial charge in [0.2, 0.25) is 5.82 Å². The van der Waals surface area contributed by atoms with E-state index in [-0.39, 0.29) is 17.4 Å². The molecule has 1 aliphatic heterocycles. The molecule has 1 aliphatic rings. The van der Waals surface area contributed by atoms with Crippen LogP contribution in [0.25, 0.3) is 0 Å². The molecule has 0 aromatic carbocycles. The van der Waals surface area contributed by atoms with Crippen LogP contribution in [0.15, 0.2) is 9.59 Å². The molecule has 0 bridgehead atoms. The first-order chi connectivity index (χ1) is 8.61. The van der Waals surface area contributed by atoms with Crippen molar-refractivity contribution in [3.05, 3.63) is 20.8 Å². The quantitative estimate of drug-likeness (QED) is 0.749. The summed E-state index contributed by atoms with van der Waals surface area (Å²) in [6, 6.07) is 0.213. The summed E-state index contributed by atoms with van der Waals surface area (Å²) in [6.07, 6.45) is 2.12. The molecule has 2 N–H and O–H groups in total. The molecule has 0 unspecified atom stereocenters. The van der Waals surface area contributed by atoms with Crippen LogP contribution in [0.1, 0.15) is 19.8 Å². The number of nitrogens with zero attached hydrogens (tertiary/aromatic N) is 3. The molecule has 7 heteroatoms. The number of likely N-dealkylation sites (N-methyl/N-ethyl adjacent to an activating group) is 1. The molecular weight excluding hydrogens is 234 g/mol. The van der Waals surface area contributed by atoms with Gasteiger partial charge in [0, 0.05) is 19.6 Å². The molecule has 0 radical (unpaired) electrons. The van der Waals surface area contributed by atoms with E-state index in [0.29, 0.717) is 0 Å². The van der Waals surface area contributed by atoms with Crippen molar-refractivity contribution in [1.29, 1.82) is 0 Å². The molecule has 18 heavy (non-hydrogen) atoms. The molecule has 1 saturated heterocycles. The third-order valence-electron chi connectivity index (χ3n) is 3.37. The van der Waals surface area contributed by atoms with Crippen molar-refractivity contribution in [2.75, 3.05) is 25.0 Å². The summed E-state index contributed by atoms with van der Waals surface area (Å²) < 4.78 is 1.02. The summed E-state index contributed by atoms with van der Waals surface area (Å²) in [5.74, 6) is 0.222. The first-order valence-corrected chi connectivity index (χ1v) is 6.26. The highest BCUT2D eigenvalue weighted by Crippen LogP contribution is 2.12. The Kier molecular flexibility index (Phi) is 3.81. The van der Waals surface area contributed by atoms with E-state index in [4.69, 9.17) is 0 Å². The maximum Gasteiger partial charge on any atom is 0.344 e. The van der Waals surface area contributed by atoms with Crippen molar-refractivity contribution < 1.29 is 0 Å². The van der Waals surface area contributed by atoms with Crippen molar-refractivity contribution in [2.45, 2.75) is 25.8 Å². The van der Waals surface area contributed by atoms with Gasteiger partial charge in [-0.3, -0.25) is 9.36 Å². The number of H-pyrrole nitrogens is 1. The normalized spacial score (nSPS) is 20.9. The van der Waals surface area contributed by atoms with Crippen LogP contribution in [0.4, 0.5) is 5.82 Å². The average Bonchev–Trinajstić information content (AvgIpc) is 2.40. The number of hydrogen-bond acceptors (Lipinski definition) is 5. The van der Waals surface area contributed by atoms with E-state index >= 15 is 0 Å². The second-order valence-corrected chi connectivity index (χ2v) is 4.62. The van der Waals surface area contributed by atoms with Crippen LogP contribution in [-0.4, -0.2) is 45.3 Å². The van der Waals surface area contributed by atoms with Gasteiger partial charge in [0.05, 0.1) is 0 Å². The summed E-state index contributed by atoms with van der Waals surface area (Å²) in [6.45, 7) is 5.14. The summed E-state index contributed by atoms with van der Waals surface area (Å²) in [4.78, 5) is 25.3. The maximum absolute atomic E-state index is 11.8. The van der Waals surface area contributed by atoms with Crippen molar-refractivity contribution >= 4 is 5.82 Å². The second-order valence-electron chi connectivity index (χ2n) is 4.62. The molecule has 1 atom stereocenters. The fourth-order valence-corrected chi connectivity index (χ4v) is 2.23. The van der Waals surface area contributed by atoms with Gasteiger partial charge in [-0.05, 0) is 25.9 Å². The van der Waals surface area contributed by atoms with E-state index in [1.165, 1.54) is 7.05 Å². The smallest absolute Gasteiger partial charge is 0.344 e. The molecule has 0 spiro atoms. The minimum absolute atomic E-state index is 0.213. The number of rotatable bonds is 3. The monoisotopic (exact) mass is 253 g/mol. The highest BCUT2D eigenvalue weighted by atomic mass is 16.2. The fraction of sp³-hybridized carbons (Fsp3) is 0.727. The lowest BCUT2D eigenvalue weighted by Crippen LogP contribution is -2.44. The lowest BCUT2D eigenvalue weighted by molar-refractivity contribution is 0.226. The fourth-order valence-electron chi connectivity index (χ4n) is 2.23. The Labute approximate surface area is 105 Å². The average molecular weight is 253 g/mol. The van der Waals surface area contributed by atoms with Crippen molar-refractivity contribution in [3.8, 4) is 0 Å². The van der Waals surface area contributed by atoms with Crippen LogP contribution in [0, 0.1) is 0 Å². The highest BCUT2D eigenvalue weighted by molar-refractivity contribution is 5.31. The van der Waals surface area contributed by atoms with E-state index in [2.05, 4.69) is 27.3 Å². The summed E-state index contributed by atoms with van der Waals surface area (Å²) in [5.41, 5.74) is -0.878. The Morgan fingerprint density at radius 3 is 3.00 bits per heavy atom. The molecule has 1 aromatic rings. The summed E-state index contributed by atoms with van der Waals surface area (Å²) >= 11 is 0. The third kappa shape index (κ3) is 2.61. The standard InChI is InChI=1S/C11H19N5O2/c1-3-16-6-4-5-8(7-16)12-9-10(17)15(2)11(18)14-13-9/h8H,3-7H2,1-2H3,(H,12,13)(H,14,18)/t8-/m1/s1. The predicted octanol–water partition coefficient (Wildman–Crippen LogP) is -0.635. The Bertz CT molecular complexity index is 521. The van der Waals surface area contributed by atoms with Gasteiger partial charge in [-0.15, -0.1) is 5.10 Å². The van der Waals surface area contributed by atoms with E-state index in [9.17, 15) is 9.59 Å². The molecule has 1 aromatic heterocycles. The van der Waals surface area contributed by atoms with Crippen molar-refractivity contribution in [2.24, 2.45) is 7.05 Å². The number of anilines is 1. The van der Waals surface area contributed by atoms with Crippen LogP contribution in [0.5, 0.6) is 0 Å². The summed E-state index contributed by atoms with van der Waals surface area (Å²) in [5, 5.41) is 9.21. The number of aromatic amines is 1. The van der Waals surface area contributed by atoms with Gasteiger partial charge >= 0.3 is 5.69 Å². The van der Waals surface area contributed by atoms with Gasteiger partial charge in [0.1, 0.15) is 0 Å². The lowest BCUT2D eigenvalue weighted by atomic mass is 10.1. The van der Waals surface area contributed by atoms with Crippen LogP contribution >= 0.6 is 0 Å². The molecule has 0 amide bonds. The Balaban J connectivity index is 2.12. The third-order valence-corrected chi connectivity index (χ3v) is 3.37. The minimum Gasteiger partial charge on any atom is -0.360 e. The van der Waals surface area contributed by atoms with E-state index in [1.807, 2.05) is 0 Å².